The van der Waals surface area contributed by atoms with E-state index in [1.807, 2.05) is 0 Å². The van der Waals surface area contributed by atoms with Crippen molar-refractivity contribution in [1.82, 2.24) is 4.98 Å². The van der Waals surface area contributed by atoms with Gasteiger partial charge in [0.05, 0.1) is 29.5 Å². The number of hydrogen-bond acceptors (Lipinski definition) is 8. The largest absolute Gasteiger partial charge is 0.493 e. The lowest BCUT2D eigenvalue weighted by Gasteiger charge is -2.10. The summed E-state index contributed by atoms with van der Waals surface area (Å²) in [5, 5.41) is 14.9. The number of ether oxygens (including phenoxy) is 2. The van der Waals surface area contributed by atoms with Crippen LogP contribution < -0.4 is 14.9 Å². The third-order valence-corrected chi connectivity index (χ3v) is 3.77. The minimum Gasteiger partial charge on any atom is -0.493 e. The van der Waals surface area contributed by atoms with E-state index in [9.17, 15) is 14.9 Å². The Labute approximate surface area is 165 Å². The molecule has 0 saturated carbocycles. The number of nitro groups is 1. The second kappa shape index (κ2) is 9.09. The molecular weight excluding hydrogens is 376 g/mol. The van der Waals surface area contributed by atoms with Gasteiger partial charge >= 0.3 is 5.97 Å². The Morgan fingerprint density at radius 3 is 2.66 bits per heavy atom. The van der Waals surface area contributed by atoms with Gasteiger partial charge in [-0.25, -0.2) is 4.79 Å². The first-order valence-electron chi connectivity index (χ1n) is 8.40. The van der Waals surface area contributed by atoms with Crippen LogP contribution in [0, 0.1) is 10.1 Å². The molecule has 29 heavy (non-hydrogen) atoms. The van der Waals surface area contributed by atoms with E-state index in [0.717, 1.165) is 0 Å². The second-order valence-electron chi connectivity index (χ2n) is 5.71. The van der Waals surface area contributed by atoms with Crippen LogP contribution in [0.3, 0.4) is 0 Å². The van der Waals surface area contributed by atoms with Crippen molar-refractivity contribution in [3.63, 3.8) is 0 Å². The normalized spacial score (nSPS) is 10.5. The summed E-state index contributed by atoms with van der Waals surface area (Å²) in [5.74, 6) is 0.0873. The minimum atomic E-state index is -0.528. The van der Waals surface area contributed by atoms with E-state index in [1.165, 1.54) is 37.9 Å². The van der Waals surface area contributed by atoms with Crippen LogP contribution in [0.1, 0.15) is 15.9 Å². The Hall–Kier alpha value is -4.27. The molecule has 0 spiro atoms. The standard InChI is InChI=1S/C20H16N4O5/c1-28-19-11-14(13-22-23-16-3-2-4-17(12-16)24(26)27)5-6-18(19)29-20(25)15-7-9-21-10-8-15/h2-13,23H,1H3/b22-13-. The van der Waals surface area contributed by atoms with Crippen molar-refractivity contribution < 1.29 is 19.2 Å². The molecule has 0 saturated heterocycles. The highest BCUT2D eigenvalue weighted by Gasteiger charge is 2.12. The zero-order valence-electron chi connectivity index (χ0n) is 15.3. The Morgan fingerprint density at radius 2 is 1.93 bits per heavy atom. The number of esters is 1. The maximum atomic E-state index is 12.2. The molecule has 0 aliphatic rings. The molecule has 9 heteroatoms. The molecule has 1 heterocycles. The number of methoxy groups -OCH3 is 1. The van der Waals surface area contributed by atoms with Gasteiger partial charge in [0.1, 0.15) is 0 Å². The van der Waals surface area contributed by atoms with Gasteiger partial charge in [-0.05, 0) is 42.0 Å². The number of hydrogen-bond donors (Lipinski definition) is 1. The fourth-order valence-corrected chi connectivity index (χ4v) is 2.37. The van der Waals surface area contributed by atoms with Crippen LogP contribution in [-0.4, -0.2) is 29.2 Å². The van der Waals surface area contributed by atoms with Gasteiger partial charge < -0.3 is 9.47 Å². The van der Waals surface area contributed by atoms with E-state index in [1.54, 1.807) is 42.5 Å². The highest BCUT2D eigenvalue weighted by molar-refractivity contribution is 5.91. The molecule has 1 aromatic heterocycles. The highest BCUT2D eigenvalue weighted by atomic mass is 16.6. The maximum Gasteiger partial charge on any atom is 0.343 e. The highest BCUT2D eigenvalue weighted by Crippen LogP contribution is 2.28. The third-order valence-electron chi connectivity index (χ3n) is 3.77. The number of non-ortho nitro benzene ring substituents is 1. The van der Waals surface area contributed by atoms with Crippen molar-refractivity contribution in [1.29, 1.82) is 0 Å². The van der Waals surface area contributed by atoms with E-state index >= 15 is 0 Å². The zero-order valence-corrected chi connectivity index (χ0v) is 15.3. The summed E-state index contributed by atoms with van der Waals surface area (Å²) in [6.07, 6.45) is 4.51. The summed E-state index contributed by atoms with van der Waals surface area (Å²) in [6.45, 7) is 0. The molecule has 0 unspecified atom stereocenters. The van der Waals surface area contributed by atoms with Crippen LogP contribution in [0.25, 0.3) is 0 Å². The molecule has 1 N–H and O–H groups in total. The predicted molar refractivity (Wildman–Crippen MR) is 107 cm³/mol. The summed E-state index contributed by atoms with van der Waals surface area (Å²) in [7, 11) is 1.46. The number of pyridine rings is 1. The number of carbonyl (C=O) groups excluding carboxylic acids is 1. The average Bonchev–Trinajstić information content (AvgIpc) is 2.75. The number of hydrazone groups is 1. The van der Waals surface area contributed by atoms with Crippen LogP contribution in [0.2, 0.25) is 0 Å². The Balaban J connectivity index is 1.70. The van der Waals surface area contributed by atoms with Crippen molar-refractivity contribution >= 4 is 23.6 Å². The van der Waals surface area contributed by atoms with Crippen LogP contribution >= 0.6 is 0 Å². The number of rotatable bonds is 7. The van der Waals surface area contributed by atoms with Crippen LogP contribution in [0.15, 0.2) is 72.1 Å². The topological polar surface area (TPSA) is 116 Å². The number of benzene rings is 2. The molecule has 2 aromatic carbocycles. The monoisotopic (exact) mass is 392 g/mol. The maximum absolute atomic E-state index is 12.2. The minimum absolute atomic E-state index is 0.0350. The lowest BCUT2D eigenvalue weighted by molar-refractivity contribution is -0.384. The number of aromatic nitrogens is 1. The fourth-order valence-electron chi connectivity index (χ4n) is 2.37. The summed E-state index contributed by atoms with van der Waals surface area (Å²) in [6, 6.07) is 14.0. The van der Waals surface area contributed by atoms with Crippen LogP contribution in [0.5, 0.6) is 11.5 Å². The second-order valence-corrected chi connectivity index (χ2v) is 5.71. The molecule has 3 rings (SSSR count). The first-order chi connectivity index (χ1) is 14.1. The van der Waals surface area contributed by atoms with Crippen molar-refractivity contribution in [2.24, 2.45) is 5.10 Å². The molecule has 0 aliphatic carbocycles. The average molecular weight is 392 g/mol. The van der Waals surface area contributed by atoms with E-state index in [2.05, 4.69) is 15.5 Å². The Kier molecular flexibility index (Phi) is 6.11. The molecule has 0 atom stereocenters. The van der Waals surface area contributed by atoms with Gasteiger partial charge in [-0.2, -0.15) is 5.10 Å². The molecule has 0 bridgehead atoms. The number of nitrogens with zero attached hydrogens (tertiary/aromatic N) is 3. The van der Waals surface area contributed by atoms with Crippen LogP contribution in [0.4, 0.5) is 11.4 Å². The van der Waals surface area contributed by atoms with Crippen molar-refractivity contribution in [2.45, 2.75) is 0 Å². The van der Waals surface area contributed by atoms with E-state index in [-0.39, 0.29) is 11.4 Å². The predicted octanol–water partition coefficient (Wildman–Crippen LogP) is 3.66. The molecule has 3 aromatic rings. The molecule has 0 amide bonds. The lowest BCUT2D eigenvalue weighted by Crippen LogP contribution is -2.09. The smallest absolute Gasteiger partial charge is 0.343 e. The summed E-state index contributed by atoms with van der Waals surface area (Å²) < 4.78 is 10.7. The number of nitrogens with one attached hydrogen (secondary N) is 1. The number of carbonyl (C=O) groups is 1. The Bertz CT molecular complexity index is 1050. The van der Waals surface area contributed by atoms with Gasteiger partial charge in [-0.1, -0.05) is 6.07 Å². The van der Waals surface area contributed by atoms with Crippen molar-refractivity contribution in [3.05, 3.63) is 88.2 Å². The number of nitro benzene ring substituents is 1. The van der Waals surface area contributed by atoms with Gasteiger partial charge in [-0.3, -0.25) is 20.5 Å². The van der Waals surface area contributed by atoms with Crippen molar-refractivity contribution in [3.8, 4) is 11.5 Å². The van der Waals surface area contributed by atoms with Gasteiger partial charge in [0.25, 0.3) is 5.69 Å². The lowest BCUT2D eigenvalue weighted by atomic mass is 10.2. The van der Waals surface area contributed by atoms with Gasteiger partial charge in [0.15, 0.2) is 11.5 Å². The third kappa shape index (κ3) is 5.13. The summed E-state index contributed by atoms with van der Waals surface area (Å²) in [5.41, 5.74) is 4.21. The SMILES string of the molecule is COc1cc(/C=N\Nc2cccc([N+](=O)[O-])c2)ccc1OC(=O)c1ccncc1. The summed E-state index contributed by atoms with van der Waals surface area (Å²) in [4.78, 5) is 26.4. The van der Waals surface area contributed by atoms with Gasteiger partial charge in [0, 0.05) is 24.5 Å². The first-order valence-corrected chi connectivity index (χ1v) is 8.40. The molecule has 0 radical (unpaired) electrons. The van der Waals surface area contributed by atoms with Gasteiger partial charge in [0.2, 0.25) is 0 Å². The summed E-state index contributed by atoms with van der Waals surface area (Å²) >= 11 is 0. The molecule has 9 nitrogen and oxygen atoms in total. The molecule has 0 fully saturated rings. The first kappa shape index (κ1) is 19.5. The molecule has 146 valence electrons. The number of anilines is 1. The molecular formula is C20H16N4O5. The zero-order chi connectivity index (χ0) is 20.6. The van der Waals surface area contributed by atoms with E-state index < -0.39 is 10.9 Å². The van der Waals surface area contributed by atoms with Crippen molar-refractivity contribution in [2.75, 3.05) is 12.5 Å². The fraction of sp³-hybridized carbons (Fsp3) is 0.0500. The quantitative estimate of drug-likeness (QED) is 0.214. The van der Waals surface area contributed by atoms with Crippen LogP contribution in [-0.2, 0) is 0 Å². The van der Waals surface area contributed by atoms with Gasteiger partial charge in [-0.15, -0.1) is 0 Å². The van der Waals surface area contributed by atoms with E-state index in [4.69, 9.17) is 9.47 Å². The van der Waals surface area contributed by atoms with E-state index in [0.29, 0.717) is 22.6 Å². The Morgan fingerprint density at radius 1 is 1.14 bits per heavy atom. The molecule has 0 aliphatic heterocycles.